The Bertz CT molecular complexity index is 1060. The van der Waals surface area contributed by atoms with Crippen LogP contribution in [0.5, 0.6) is 11.5 Å². The van der Waals surface area contributed by atoms with Crippen molar-refractivity contribution in [2.24, 2.45) is 5.73 Å². The molecule has 1 aliphatic heterocycles. The monoisotopic (exact) mass is 414 g/mol. The van der Waals surface area contributed by atoms with Crippen molar-refractivity contribution in [1.29, 1.82) is 0 Å². The topological polar surface area (TPSA) is 97.2 Å². The van der Waals surface area contributed by atoms with Gasteiger partial charge in [-0.2, -0.15) is 0 Å². The van der Waals surface area contributed by atoms with E-state index < -0.39 is 11.9 Å². The fourth-order valence-electron chi connectivity index (χ4n) is 3.66. The third-order valence-electron chi connectivity index (χ3n) is 5.24. The summed E-state index contributed by atoms with van der Waals surface area (Å²) in [6.45, 7) is 3.16. The lowest BCUT2D eigenvalue weighted by Gasteiger charge is -2.29. The first kappa shape index (κ1) is 21.4. The van der Waals surface area contributed by atoms with Gasteiger partial charge in [-0.3, -0.25) is 4.79 Å². The molecule has 8 nitrogen and oxygen atoms in total. The van der Waals surface area contributed by atoms with Gasteiger partial charge >= 0.3 is 5.97 Å². The van der Waals surface area contributed by atoms with E-state index in [0.29, 0.717) is 29.2 Å². The minimum absolute atomic E-state index is 0.0727. The molecule has 0 bridgehead atoms. The van der Waals surface area contributed by atoms with Gasteiger partial charge in [0.25, 0.3) is 5.56 Å². The van der Waals surface area contributed by atoms with Crippen LogP contribution in [0.1, 0.15) is 22.7 Å². The Morgan fingerprint density at radius 2 is 2.00 bits per heavy atom. The summed E-state index contributed by atoms with van der Waals surface area (Å²) in [5.41, 5.74) is 7.81. The number of esters is 1. The summed E-state index contributed by atoms with van der Waals surface area (Å²) in [7, 11) is 6.88. The van der Waals surface area contributed by atoms with Gasteiger partial charge in [-0.15, -0.1) is 0 Å². The van der Waals surface area contributed by atoms with Gasteiger partial charge in [-0.1, -0.05) is 12.1 Å². The SMILES string of the molecule is COC(=O)C1=C(N)Oc2cc(C)n(CC[NH+](C)C)c(=O)c2[C@@H]1c1cccc(OC)c1. The first-order chi connectivity index (χ1) is 14.3. The van der Waals surface area contributed by atoms with Crippen molar-refractivity contribution in [1.82, 2.24) is 4.57 Å². The number of fused-ring (bicyclic) bond motifs is 1. The van der Waals surface area contributed by atoms with E-state index in [0.717, 1.165) is 12.2 Å². The zero-order valence-electron chi connectivity index (χ0n) is 17.9. The molecule has 0 aliphatic carbocycles. The summed E-state index contributed by atoms with van der Waals surface area (Å²) >= 11 is 0. The van der Waals surface area contributed by atoms with Crippen LogP contribution in [0.2, 0.25) is 0 Å². The number of nitrogens with zero attached hydrogens (tertiary/aromatic N) is 1. The molecule has 1 atom stereocenters. The van der Waals surface area contributed by atoms with Gasteiger partial charge in [-0.05, 0) is 24.6 Å². The highest BCUT2D eigenvalue weighted by molar-refractivity contribution is 5.92. The van der Waals surface area contributed by atoms with Crippen molar-refractivity contribution in [3.8, 4) is 11.5 Å². The number of hydrogen-bond acceptors (Lipinski definition) is 6. The maximum Gasteiger partial charge on any atom is 0.340 e. The number of benzene rings is 1. The van der Waals surface area contributed by atoms with Crippen LogP contribution in [0.4, 0.5) is 0 Å². The molecule has 30 heavy (non-hydrogen) atoms. The fourth-order valence-corrected chi connectivity index (χ4v) is 3.66. The molecule has 0 spiro atoms. The molecule has 1 aromatic carbocycles. The van der Waals surface area contributed by atoms with Crippen molar-refractivity contribution >= 4 is 5.97 Å². The maximum atomic E-state index is 13.6. The molecule has 2 heterocycles. The number of hydrogen-bond donors (Lipinski definition) is 2. The summed E-state index contributed by atoms with van der Waals surface area (Å²) in [6, 6.07) is 8.99. The number of aromatic nitrogens is 1. The van der Waals surface area contributed by atoms with Crippen molar-refractivity contribution in [2.75, 3.05) is 34.9 Å². The summed E-state index contributed by atoms with van der Waals surface area (Å²) in [6.07, 6.45) is 0. The van der Waals surface area contributed by atoms with Gasteiger partial charge in [0.2, 0.25) is 5.88 Å². The lowest BCUT2D eigenvalue weighted by atomic mass is 9.83. The molecule has 0 unspecified atom stereocenters. The number of carbonyl (C=O) groups excluding carboxylic acids is 1. The van der Waals surface area contributed by atoms with Gasteiger partial charge in [0.15, 0.2) is 0 Å². The standard InChI is InChI=1S/C22H27N3O5/c1-13-11-16-18(21(26)25(13)10-9-24(2)3)17(14-7-6-8-15(12-14)28-4)19(20(23)30-16)22(27)29-5/h6-8,11-12,17H,9-10,23H2,1-5H3/p+1/t17-/m0/s1. The van der Waals surface area contributed by atoms with Crippen molar-refractivity contribution < 1.29 is 23.9 Å². The van der Waals surface area contributed by atoms with E-state index in [1.54, 1.807) is 35.9 Å². The van der Waals surface area contributed by atoms with Gasteiger partial charge in [0, 0.05) is 11.8 Å². The number of likely N-dealkylation sites (N-methyl/N-ethyl adjacent to an activating group) is 1. The average molecular weight is 414 g/mol. The Morgan fingerprint density at radius 3 is 2.63 bits per heavy atom. The molecule has 2 aromatic rings. The molecular formula is C22H28N3O5+. The van der Waals surface area contributed by atoms with E-state index in [9.17, 15) is 9.59 Å². The molecule has 0 fully saturated rings. The normalized spacial score (nSPS) is 15.6. The van der Waals surface area contributed by atoms with Gasteiger partial charge in [0.05, 0.1) is 52.9 Å². The Kier molecular flexibility index (Phi) is 6.17. The molecular weight excluding hydrogens is 386 g/mol. The Balaban J connectivity index is 2.27. The van der Waals surface area contributed by atoms with E-state index in [1.165, 1.54) is 12.0 Å². The molecule has 0 amide bonds. The smallest absolute Gasteiger partial charge is 0.340 e. The Hall–Kier alpha value is -3.26. The second-order valence-electron chi connectivity index (χ2n) is 7.56. The number of ether oxygens (including phenoxy) is 3. The predicted octanol–water partition coefficient (Wildman–Crippen LogP) is 0.177. The van der Waals surface area contributed by atoms with E-state index in [-0.39, 0.29) is 17.0 Å². The number of nitrogens with two attached hydrogens (primary N) is 1. The summed E-state index contributed by atoms with van der Waals surface area (Å²) in [4.78, 5) is 27.4. The van der Waals surface area contributed by atoms with E-state index in [1.807, 2.05) is 27.1 Å². The average Bonchev–Trinajstić information content (AvgIpc) is 2.71. The minimum atomic E-state index is -0.734. The predicted molar refractivity (Wildman–Crippen MR) is 112 cm³/mol. The number of nitrogens with one attached hydrogen (secondary N) is 1. The van der Waals surface area contributed by atoms with Crippen molar-refractivity contribution in [2.45, 2.75) is 19.4 Å². The van der Waals surface area contributed by atoms with Crippen LogP contribution in [0, 0.1) is 6.92 Å². The summed E-state index contributed by atoms with van der Waals surface area (Å²) < 4.78 is 17.7. The second-order valence-corrected chi connectivity index (χ2v) is 7.56. The number of carbonyl (C=O) groups is 1. The quantitative estimate of drug-likeness (QED) is 0.655. The van der Waals surface area contributed by atoms with Crippen molar-refractivity contribution in [3.63, 3.8) is 0 Å². The third-order valence-corrected chi connectivity index (χ3v) is 5.24. The van der Waals surface area contributed by atoms with Crippen LogP contribution in [-0.2, 0) is 16.1 Å². The number of rotatable bonds is 6. The third kappa shape index (κ3) is 3.91. The molecule has 0 radical (unpaired) electrons. The van der Waals surface area contributed by atoms with Crippen LogP contribution < -0.4 is 25.7 Å². The summed E-state index contributed by atoms with van der Waals surface area (Å²) in [5, 5.41) is 0. The van der Waals surface area contributed by atoms with Crippen LogP contribution in [-0.4, -0.2) is 45.4 Å². The van der Waals surface area contributed by atoms with E-state index in [2.05, 4.69) is 0 Å². The first-order valence-electron chi connectivity index (χ1n) is 9.71. The lowest BCUT2D eigenvalue weighted by molar-refractivity contribution is -0.858. The van der Waals surface area contributed by atoms with Crippen LogP contribution in [0.25, 0.3) is 0 Å². The number of methoxy groups -OCH3 is 2. The highest BCUT2D eigenvalue weighted by Crippen LogP contribution is 2.41. The zero-order valence-corrected chi connectivity index (χ0v) is 17.9. The van der Waals surface area contributed by atoms with Crippen molar-refractivity contribution in [3.05, 3.63) is 69.0 Å². The highest BCUT2D eigenvalue weighted by Gasteiger charge is 2.38. The Labute approximate surface area is 175 Å². The maximum absolute atomic E-state index is 13.6. The fraction of sp³-hybridized carbons (Fsp3) is 0.364. The number of quaternary nitrogens is 1. The first-order valence-corrected chi connectivity index (χ1v) is 9.71. The largest absolute Gasteiger partial charge is 0.497 e. The highest BCUT2D eigenvalue weighted by atomic mass is 16.5. The number of pyridine rings is 1. The van der Waals surface area contributed by atoms with Crippen LogP contribution >= 0.6 is 0 Å². The molecule has 3 rings (SSSR count). The minimum Gasteiger partial charge on any atom is -0.497 e. The molecule has 1 aromatic heterocycles. The lowest BCUT2D eigenvalue weighted by Crippen LogP contribution is -3.06. The van der Waals surface area contributed by atoms with Gasteiger partial charge in [0.1, 0.15) is 17.1 Å². The van der Waals surface area contributed by atoms with E-state index in [4.69, 9.17) is 19.9 Å². The van der Waals surface area contributed by atoms with E-state index >= 15 is 0 Å². The second kappa shape index (κ2) is 8.62. The summed E-state index contributed by atoms with van der Waals surface area (Å²) in [5.74, 6) is -0.495. The Morgan fingerprint density at radius 1 is 1.27 bits per heavy atom. The van der Waals surface area contributed by atoms with Gasteiger partial charge in [-0.25, -0.2) is 4.79 Å². The van der Waals surface area contributed by atoms with Crippen LogP contribution in [0.15, 0.2) is 46.6 Å². The van der Waals surface area contributed by atoms with Crippen LogP contribution in [0.3, 0.4) is 0 Å². The molecule has 160 valence electrons. The molecule has 0 saturated carbocycles. The number of aryl methyl sites for hydroxylation is 1. The molecule has 0 saturated heterocycles. The zero-order chi connectivity index (χ0) is 22.0. The molecule has 8 heteroatoms. The molecule has 3 N–H and O–H groups in total. The molecule has 1 aliphatic rings. The van der Waals surface area contributed by atoms with Gasteiger partial charge < -0.3 is 29.4 Å².